The van der Waals surface area contributed by atoms with Crippen LogP contribution in [0.5, 0.6) is 0 Å². The molecule has 4 rings (SSSR count). The minimum atomic E-state index is -2.07. The average molecular weight is 470 g/mol. The van der Waals surface area contributed by atoms with Crippen molar-refractivity contribution in [3.63, 3.8) is 0 Å². The Hall–Kier alpha value is -4.06. The van der Waals surface area contributed by atoms with E-state index in [1.807, 2.05) is 36.4 Å². The number of esters is 2. The summed E-state index contributed by atoms with van der Waals surface area (Å²) in [6.07, 6.45) is 0. The van der Waals surface area contributed by atoms with Crippen LogP contribution in [0.2, 0.25) is 0 Å². The van der Waals surface area contributed by atoms with Gasteiger partial charge in [-0.3, -0.25) is 19.4 Å². The van der Waals surface area contributed by atoms with Gasteiger partial charge in [0.05, 0.1) is 30.9 Å². The minimum absolute atomic E-state index is 0.0321. The van der Waals surface area contributed by atoms with Gasteiger partial charge in [0.2, 0.25) is 5.41 Å². The van der Waals surface area contributed by atoms with Crippen LogP contribution in [-0.2, 0) is 19.1 Å². The second-order valence-corrected chi connectivity index (χ2v) is 8.16. The molecule has 0 N–H and O–H groups in total. The number of carbonyl (C=O) groups excluding carboxylic acids is 3. The van der Waals surface area contributed by atoms with Crippen molar-refractivity contribution in [2.45, 2.75) is 19.9 Å². The first kappa shape index (κ1) is 24.1. The maximum Gasteiger partial charge on any atom is 0.330 e. The van der Waals surface area contributed by atoms with Crippen LogP contribution >= 0.6 is 0 Å². The highest BCUT2D eigenvalue weighted by Gasteiger charge is 2.67. The fourth-order valence-corrected chi connectivity index (χ4v) is 4.66. The normalized spacial score (nSPS) is 18.4. The Kier molecular flexibility index (Phi) is 7.20. The standard InChI is InChI=1S/C29H27NO5/c1-3-34-27(32)29(28(33)35-4-2)23(25(31)21-16-10-6-11-17-21)24(20-14-8-5-9-15-20)30-26(29)22-18-12-7-13-19-22/h5-19,23-24H,3-4H2,1-2H3/t23-,24-/m0/s1. The number of nitrogens with zero attached hydrogens (tertiary/aromatic N) is 1. The molecule has 0 aliphatic carbocycles. The zero-order valence-electron chi connectivity index (χ0n) is 19.7. The van der Waals surface area contributed by atoms with E-state index < -0.39 is 29.3 Å². The summed E-state index contributed by atoms with van der Waals surface area (Å²) in [5.74, 6) is -3.25. The van der Waals surface area contributed by atoms with Crippen molar-refractivity contribution in [2.75, 3.05) is 13.2 Å². The fourth-order valence-electron chi connectivity index (χ4n) is 4.66. The molecule has 0 spiro atoms. The van der Waals surface area contributed by atoms with Crippen LogP contribution in [0.15, 0.2) is 96.0 Å². The van der Waals surface area contributed by atoms with Gasteiger partial charge in [0, 0.05) is 5.56 Å². The molecule has 1 heterocycles. The Bertz CT molecular complexity index is 1200. The van der Waals surface area contributed by atoms with Crippen molar-refractivity contribution < 1.29 is 23.9 Å². The zero-order valence-corrected chi connectivity index (χ0v) is 19.7. The number of aliphatic imine (C=N–C) groups is 1. The molecule has 0 bridgehead atoms. The number of benzene rings is 3. The largest absolute Gasteiger partial charge is 0.465 e. The highest BCUT2D eigenvalue weighted by Crippen LogP contribution is 2.51. The minimum Gasteiger partial charge on any atom is -0.465 e. The summed E-state index contributed by atoms with van der Waals surface area (Å²) >= 11 is 0. The van der Waals surface area contributed by atoms with Crippen LogP contribution < -0.4 is 0 Å². The van der Waals surface area contributed by atoms with Gasteiger partial charge in [-0.2, -0.15) is 0 Å². The predicted molar refractivity (Wildman–Crippen MR) is 132 cm³/mol. The quantitative estimate of drug-likeness (QED) is 0.268. The lowest BCUT2D eigenvalue weighted by Gasteiger charge is -2.33. The van der Waals surface area contributed by atoms with E-state index in [-0.39, 0.29) is 24.7 Å². The fraction of sp³-hybridized carbons (Fsp3) is 0.241. The van der Waals surface area contributed by atoms with Crippen molar-refractivity contribution in [3.05, 3.63) is 108 Å². The highest BCUT2D eigenvalue weighted by molar-refractivity contribution is 6.31. The number of ketones is 1. The van der Waals surface area contributed by atoms with E-state index in [1.165, 1.54) is 0 Å². The molecule has 0 saturated carbocycles. The lowest BCUT2D eigenvalue weighted by molar-refractivity contribution is -0.168. The first-order valence-corrected chi connectivity index (χ1v) is 11.7. The molecule has 0 unspecified atom stereocenters. The molecule has 35 heavy (non-hydrogen) atoms. The lowest BCUT2D eigenvalue weighted by atomic mass is 9.66. The summed E-state index contributed by atoms with van der Waals surface area (Å²) in [7, 11) is 0. The van der Waals surface area contributed by atoms with Gasteiger partial charge < -0.3 is 9.47 Å². The molecule has 0 fully saturated rings. The second kappa shape index (κ2) is 10.5. The van der Waals surface area contributed by atoms with Crippen LogP contribution in [-0.4, -0.2) is 36.6 Å². The number of ether oxygens (including phenoxy) is 2. The molecule has 178 valence electrons. The Labute approximate surface area is 204 Å². The molecule has 3 aromatic rings. The lowest BCUT2D eigenvalue weighted by Crippen LogP contribution is -2.54. The van der Waals surface area contributed by atoms with Crippen LogP contribution in [0.1, 0.15) is 41.4 Å². The number of hydrogen-bond donors (Lipinski definition) is 0. The summed E-state index contributed by atoms with van der Waals surface area (Å²) in [6, 6.07) is 26.0. The van der Waals surface area contributed by atoms with Crippen LogP contribution in [0.4, 0.5) is 0 Å². The van der Waals surface area contributed by atoms with Gasteiger partial charge in [-0.15, -0.1) is 0 Å². The van der Waals surface area contributed by atoms with Crippen molar-refractivity contribution in [1.29, 1.82) is 0 Å². The summed E-state index contributed by atoms with van der Waals surface area (Å²) in [5, 5.41) is 0. The maximum absolute atomic E-state index is 14.2. The molecular weight excluding hydrogens is 442 g/mol. The molecule has 3 aromatic carbocycles. The SMILES string of the molecule is CCOC(=O)C1(C(=O)OCC)C(c2ccccc2)=N[C@@H](c2ccccc2)[C@H]1C(=O)c1ccccc1. The molecule has 1 aliphatic heterocycles. The van der Waals surface area contributed by atoms with Crippen molar-refractivity contribution >= 4 is 23.4 Å². The van der Waals surface area contributed by atoms with Crippen LogP contribution in [0.25, 0.3) is 0 Å². The summed E-state index contributed by atoms with van der Waals surface area (Å²) in [6.45, 7) is 3.39. The third-order valence-corrected chi connectivity index (χ3v) is 6.15. The topological polar surface area (TPSA) is 82.0 Å². The molecule has 6 nitrogen and oxygen atoms in total. The number of Topliss-reactive ketones (excluding diaryl/α,β-unsaturated/α-hetero) is 1. The molecule has 0 aromatic heterocycles. The first-order chi connectivity index (χ1) is 17.1. The number of hydrogen-bond acceptors (Lipinski definition) is 6. The molecule has 6 heteroatoms. The van der Waals surface area contributed by atoms with Crippen molar-refractivity contribution in [3.8, 4) is 0 Å². The van der Waals surface area contributed by atoms with E-state index in [4.69, 9.17) is 14.5 Å². The molecular formula is C29H27NO5. The molecule has 0 radical (unpaired) electrons. The highest BCUT2D eigenvalue weighted by atomic mass is 16.6. The predicted octanol–water partition coefficient (Wildman–Crippen LogP) is 4.84. The van der Waals surface area contributed by atoms with Gasteiger partial charge in [0.25, 0.3) is 0 Å². The van der Waals surface area contributed by atoms with Crippen LogP contribution in [0.3, 0.4) is 0 Å². The monoisotopic (exact) mass is 469 g/mol. The van der Waals surface area contributed by atoms with Crippen molar-refractivity contribution in [2.24, 2.45) is 16.3 Å². The van der Waals surface area contributed by atoms with E-state index in [9.17, 15) is 14.4 Å². The first-order valence-electron chi connectivity index (χ1n) is 11.7. The smallest absolute Gasteiger partial charge is 0.330 e. The molecule has 1 aliphatic rings. The van der Waals surface area contributed by atoms with Gasteiger partial charge in [-0.1, -0.05) is 91.0 Å². The molecule has 2 atom stereocenters. The van der Waals surface area contributed by atoms with Gasteiger partial charge >= 0.3 is 11.9 Å². The Morgan fingerprint density at radius 1 is 0.743 bits per heavy atom. The Morgan fingerprint density at radius 2 is 1.23 bits per heavy atom. The number of rotatable bonds is 8. The third kappa shape index (κ3) is 4.28. The van der Waals surface area contributed by atoms with Crippen LogP contribution in [0, 0.1) is 11.3 Å². The third-order valence-electron chi connectivity index (χ3n) is 6.15. The summed E-state index contributed by atoms with van der Waals surface area (Å²) in [5.41, 5.74) is -0.247. The Morgan fingerprint density at radius 3 is 1.74 bits per heavy atom. The van der Waals surface area contributed by atoms with Gasteiger partial charge in [-0.05, 0) is 25.0 Å². The van der Waals surface area contributed by atoms with E-state index in [1.54, 1.807) is 68.4 Å². The Balaban J connectivity index is 2.04. The zero-order chi connectivity index (χ0) is 24.8. The van der Waals surface area contributed by atoms with Crippen molar-refractivity contribution in [1.82, 2.24) is 0 Å². The van der Waals surface area contributed by atoms with Gasteiger partial charge in [0.15, 0.2) is 5.78 Å². The maximum atomic E-state index is 14.2. The van der Waals surface area contributed by atoms with E-state index in [0.717, 1.165) is 0 Å². The van der Waals surface area contributed by atoms with E-state index >= 15 is 0 Å². The molecule has 0 saturated heterocycles. The van der Waals surface area contributed by atoms with Gasteiger partial charge in [0.1, 0.15) is 0 Å². The van der Waals surface area contributed by atoms with Gasteiger partial charge in [-0.25, -0.2) is 0 Å². The number of carbonyl (C=O) groups is 3. The summed E-state index contributed by atoms with van der Waals surface area (Å²) < 4.78 is 11.0. The molecule has 0 amide bonds. The average Bonchev–Trinajstić information content (AvgIpc) is 3.27. The summed E-state index contributed by atoms with van der Waals surface area (Å²) in [4.78, 5) is 46.7. The second-order valence-electron chi connectivity index (χ2n) is 8.16. The van der Waals surface area contributed by atoms with E-state index in [0.29, 0.717) is 16.7 Å². The van der Waals surface area contributed by atoms with E-state index in [2.05, 4.69) is 0 Å².